The van der Waals surface area contributed by atoms with Crippen molar-refractivity contribution >= 4 is 23.4 Å². The van der Waals surface area contributed by atoms with E-state index in [1.54, 1.807) is 6.07 Å². The molecule has 6 heteroatoms. The van der Waals surface area contributed by atoms with Crippen LogP contribution in [0.15, 0.2) is 29.2 Å². The Morgan fingerprint density at radius 3 is 2.29 bits per heavy atom. The minimum absolute atomic E-state index is 0.0535. The van der Waals surface area contributed by atoms with E-state index in [9.17, 15) is 17.6 Å². The third kappa shape index (κ3) is 3.06. The zero-order valence-electron chi connectivity index (χ0n) is 6.68. The summed E-state index contributed by atoms with van der Waals surface area (Å²) in [5.41, 5.74) is -2.94. The van der Waals surface area contributed by atoms with E-state index in [0.717, 1.165) is 0 Å². The van der Waals surface area contributed by atoms with Crippen molar-refractivity contribution in [3.05, 3.63) is 29.3 Å². The molecule has 0 N–H and O–H groups in total. The summed E-state index contributed by atoms with van der Waals surface area (Å²) in [5, 5.41) is 0.115. The molecule has 0 saturated heterocycles. The maximum atomic E-state index is 12.6. The van der Waals surface area contributed by atoms with Crippen LogP contribution in [0.2, 0.25) is 5.02 Å². The molecule has 0 aliphatic heterocycles. The molecular formula is C8H5ClF4S. The fourth-order valence-electron chi connectivity index (χ4n) is 0.719. The van der Waals surface area contributed by atoms with Gasteiger partial charge in [-0.3, -0.25) is 0 Å². The van der Waals surface area contributed by atoms with Crippen LogP contribution in [0.1, 0.15) is 0 Å². The molecule has 0 saturated carbocycles. The largest absolute Gasteiger partial charge is 0.429 e. The molecule has 1 rings (SSSR count). The van der Waals surface area contributed by atoms with Gasteiger partial charge in [0, 0.05) is 4.90 Å². The smallest absolute Gasteiger partial charge is 0.225 e. The number of benzene rings is 1. The zero-order valence-corrected chi connectivity index (χ0v) is 8.26. The monoisotopic (exact) mass is 244 g/mol. The lowest BCUT2D eigenvalue weighted by atomic mass is 10.4. The van der Waals surface area contributed by atoms with Crippen LogP contribution < -0.4 is 0 Å². The molecule has 0 amide bonds. The Kier molecular flexibility index (Phi) is 3.66. The summed E-state index contributed by atoms with van der Waals surface area (Å²) in [6, 6.07) is 5.81. The van der Waals surface area contributed by atoms with Gasteiger partial charge in [0.15, 0.2) is 0 Å². The van der Waals surface area contributed by atoms with Gasteiger partial charge in [-0.1, -0.05) is 35.5 Å². The van der Waals surface area contributed by atoms with Crippen molar-refractivity contribution in [2.75, 3.05) is 0 Å². The number of alkyl halides is 4. The van der Waals surface area contributed by atoms with E-state index in [0.29, 0.717) is 0 Å². The summed E-state index contributed by atoms with van der Waals surface area (Å²) < 4.78 is 48.0. The summed E-state index contributed by atoms with van der Waals surface area (Å²) in [4.78, 5) is 0.0824. The molecule has 0 aliphatic carbocycles. The molecule has 1 aromatic carbocycles. The molecule has 0 spiro atoms. The lowest BCUT2D eigenvalue weighted by molar-refractivity contribution is -0.154. The first-order chi connectivity index (χ1) is 6.41. The molecule has 0 bridgehead atoms. The summed E-state index contributed by atoms with van der Waals surface area (Å²) in [6.45, 7) is 0. The molecule has 1 unspecified atom stereocenters. The molecule has 0 aromatic heterocycles. The van der Waals surface area contributed by atoms with Crippen molar-refractivity contribution in [2.45, 2.75) is 16.6 Å². The van der Waals surface area contributed by atoms with Crippen LogP contribution in [0, 0.1) is 0 Å². The average Bonchev–Trinajstić information content (AvgIpc) is 2.07. The minimum Gasteiger partial charge on any atom is -0.225 e. The van der Waals surface area contributed by atoms with Crippen LogP contribution in [-0.2, 0) is 0 Å². The molecule has 0 aliphatic rings. The highest BCUT2D eigenvalue weighted by molar-refractivity contribution is 8.00. The van der Waals surface area contributed by atoms with E-state index < -0.39 is 11.7 Å². The van der Waals surface area contributed by atoms with Gasteiger partial charge in [0.1, 0.15) is 0 Å². The van der Waals surface area contributed by atoms with E-state index in [2.05, 4.69) is 0 Å². The fraction of sp³-hybridized carbons (Fsp3) is 0.250. The van der Waals surface area contributed by atoms with E-state index in [1.807, 2.05) is 0 Å². The SMILES string of the molecule is FC(Sc1ccccc1Cl)C(F)(F)F. The first kappa shape index (κ1) is 11.7. The Balaban J connectivity index is 2.75. The number of thioether (sulfide) groups is 1. The summed E-state index contributed by atoms with van der Waals surface area (Å²) in [6.07, 6.45) is -4.86. The summed E-state index contributed by atoms with van der Waals surface area (Å²) >= 11 is 5.62. The second kappa shape index (κ2) is 4.40. The van der Waals surface area contributed by atoms with Gasteiger partial charge in [-0.05, 0) is 12.1 Å². The quantitative estimate of drug-likeness (QED) is 0.552. The van der Waals surface area contributed by atoms with Gasteiger partial charge >= 0.3 is 6.18 Å². The van der Waals surface area contributed by atoms with Gasteiger partial charge in [0.2, 0.25) is 5.50 Å². The molecule has 78 valence electrons. The molecule has 0 radical (unpaired) electrons. The zero-order chi connectivity index (χ0) is 10.8. The Hall–Kier alpha value is -0.420. The van der Waals surface area contributed by atoms with Gasteiger partial charge in [0.05, 0.1) is 5.02 Å². The van der Waals surface area contributed by atoms with Gasteiger partial charge < -0.3 is 0 Å². The third-order valence-corrected chi connectivity index (χ3v) is 2.85. The molecule has 0 nitrogen and oxygen atoms in total. The highest BCUT2D eigenvalue weighted by atomic mass is 35.5. The lowest BCUT2D eigenvalue weighted by Crippen LogP contribution is -2.20. The summed E-state index contributed by atoms with van der Waals surface area (Å²) in [7, 11) is 0. The van der Waals surface area contributed by atoms with E-state index in [4.69, 9.17) is 11.6 Å². The molecular weight excluding hydrogens is 240 g/mol. The number of hydrogen-bond acceptors (Lipinski definition) is 1. The minimum atomic E-state index is -4.86. The van der Waals surface area contributed by atoms with E-state index in [-0.39, 0.29) is 21.7 Å². The molecule has 1 atom stereocenters. The predicted octanol–water partition coefficient (Wildman–Crippen LogP) is 4.29. The topological polar surface area (TPSA) is 0 Å². The predicted molar refractivity (Wildman–Crippen MR) is 48.3 cm³/mol. The molecule has 14 heavy (non-hydrogen) atoms. The standard InChI is InChI=1S/C8H5ClF4S/c9-5-3-1-2-4-6(5)14-7(10)8(11,12)13/h1-4,7H. The number of rotatable bonds is 2. The Morgan fingerprint density at radius 1 is 1.21 bits per heavy atom. The van der Waals surface area contributed by atoms with Gasteiger partial charge in [-0.25, -0.2) is 4.39 Å². The van der Waals surface area contributed by atoms with Crippen molar-refractivity contribution < 1.29 is 17.6 Å². The number of hydrogen-bond donors (Lipinski definition) is 0. The maximum Gasteiger partial charge on any atom is 0.429 e. The van der Waals surface area contributed by atoms with Crippen molar-refractivity contribution in [3.8, 4) is 0 Å². The van der Waals surface area contributed by atoms with Gasteiger partial charge in [-0.15, -0.1) is 0 Å². The Bertz CT molecular complexity index is 312. The lowest BCUT2D eigenvalue weighted by Gasteiger charge is -2.12. The first-order valence-electron chi connectivity index (χ1n) is 3.53. The maximum absolute atomic E-state index is 12.6. The van der Waals surface area contributed by atoms with Crippen LogP contribution in [0.5, 0.6) is 0 Å². The van der Waals surface area contributed by atoms with Crippen LogP contribution in [0.3, 0.4) is 0 Å². The normalized spacial score (nSPS) is 14.1. The Labute approximate surface area is 87.2 Å². The Morgan fingerprint density at radius 2 is 1.79 bits per heavy atom. The van der Waals surface area contributed by atoms with Crippen molar-refractivity contribution in [2.24, 2.45) is 0 Å². The molecule has 1 aromatic rings. The van der Waals surface area contributed by atoms with Crippen molar-refractivity contribution in [1.82, 2.24) is 0 Å². The first-order valence-corrected chi connectivity index (χ1v) is 4.79. The number of halogens is 5. The molecule has 0 fully saturated rings. The highest BCUT2D eigenvalue weighted by Gasteiger charge is 2.41. The average molecular weight is 245 g/mol. The van der Waals surface area contributed by atoms with Crippen LogP contribution >= 0.6 is 23.4 Å². The van der Waals surface area contributed by atoms with Gasteiger partial charge in [0.25, 0.3) is 0 Å². The fourth-order valence-corrected chi connectivity index (χ4v) is 1.68. The van der Waals surface area contributed by atoms with Crippen LogP contribution in [-0.4, -0.2) is 11.7 Å². The van der Waals surface area contributed by atoms with Gasteiger partial charge in [-0.2, -0.15) is 13.2 Å². The molecule has 0 heterocycles. The highest BCUT2D eigenvalue weighted by Crippen LogP contribution is 2.38. The van der Waals surface area contributed by atoms with Crippen molar-refractivity contribution in [1.29, 1.82) is 0 Å². The summed E-state index contributed by atoms with van der Waals surface area (Å²) in [5.74, 6) is 0. The van der Waals surface area contributed by atoms with Crippen LogP contribution in [0.25, 0.3) is 0 Å². The van der Waals surface area contributed by atoms with E-state index in [1.165, 1.54) is 18.2 Å². The van der Waals surface area contributed by atoms with Crippen molar-refractivity contribution in [3.63, 3.8) is 0 Å². The van der Waals surface area contributed by atoms with E-state index >= 15 is 0 Å². The third-order valence-electron chi connectivity index (χ3n) is 1.32. The second-order valence-electron chi connectivity index (χ2n) is 2.41. The second-order valence-corrected chi connectivity index (χ2v) is 3.90. The van der Waals surface area contributed by atoms with Crippen LogP contribution in [0.4, 0.5) is 17.6 Å².